The number of hydrogen-bond acceptors (Lipinski definition) is 4. The Balaban J connectivity index is 1.59. The fourth-order valence-electron chi connectivity index (χ4n) is 4.12. The highest BCUT2D eigenvalue weighted by Gasteiger charge is 2.27. The van der Waals surface area contributed by atoms with Crippen molar-refractivity contribution < 1.29 is 0 Å². The zero-order valence-electron chi connectivity index (χ0n) is 14.5. The summed E-state index contributed by atoms with van der Waals surface area (Å²) in [5.74, 6) is 1.21. The number of nitrogens with zero attached hydrogens (tertiary/aromatic N) is 5. The van der Waals surface area contributed by atoms with E-state index >= 15 is 0 Å². The summed E-state index contributed by atoms with van der Waals surface area (Å²) in [6.45, 7) is 11.1. The molecule has 5 heteroatoms. The van der Waals surface area contributed by atoms with Crippen LogP contribution in [0.15, 0.2) is 6.07 Å². The number of piperidine rings is 1. The van der Waals surface area contributed by atoms with Crippen molar-refractivity contribution in [3.05, 3.63) is 23.0 Å². The molecule has 124 valence electrons. The Morgan fingerprint density at radius 1 is 1.00 bits per heavy atom. The molecule has 0 spiro atoms. The molecular weight excluding hydrogens is 286 g/mol. The second-order valence-electron chi connectivity index (χ2n) is 7.16. The highest BCUT2D eigenvalue weighted by molar-refractivity contribution is 5.57. The Morgan fingerprint density at radius 2 is 1.70 bits per heavy atom. The minimum absolute atomic E-state index is 0.785. The monoisotopic (exact) mass is 313 g/mol. The molecule has 0 unspecified atom stereocenters. The van der Waals surface area contributed by atoms with Crippen molar-refractivity contribution in [1.82, 2.24) is 19.5 Å². The maximum absolute atomic E-state index is 4.73. The maximum atomic E-state index is 4.73. The molecule has 0 bridgehead atoms. The van der Waals surface area contributed by atoms with E-state index in [2.05, 4.69) is 36.6 Å². The number of likely N-dealkylation sites (tertiary alicyclic amines) is 1. The van der Waals surface area contributed by atoms with Crippen molar-refractivity contribution in [1.29, 1.82) is 0 Å². The molecule has 2 saturated heterocycles. The van der Waals surface area contributed by atoms with Gasteiger partial charge in [0, 0.05) is 36.5 Å². The van der Waals surface area contributed by atoms with Crippen molar-refractivity contribution in [2.75, 3.05) is 31.1 Å². The van der Waals surface area contributed by atoms with Gasteiger partial charge in [0.15, 0.2) is 5.65 Å². The predicted molar refractivity (Wildman–Crippen MR) is 93.2 cm³/mol. The summed E-state index contributed by atoms with van der Waals surface area (Å²) in [4.78, 5) is 9.90. The lowest BCUT2D eigenvalue weighted by molar-refractivity contribution is 0.207. The van der Waals surface area contributed by atoms with Crippen LogP contribution < -0.4 is 4.90 Å². The second kappa shape index (κ2) is 5.78. The lowest BCUT2D eigenvalue weighted by Crippen LogP contribution is -2.44. The van der Waals surface area contributed by atoms with Crippen LogP contribution in [0.25, 0.3) is 5.65 Å². The van der Waals surface area contributed by atoms with E-state index in [1.165, 1.54) is 50.2 Å². The van der Waals surface area contributed by atoms with Gasteiger partial charge in [-0.3, -0.25) is 0 Å². The van der Waals surface area contributed by atoms with Crippen LogP contribution in [0.2, 0.25) is 0 Å². The number of hydrogen-bond donors (Lipinski definition) is 0. The number of aromatic nitrogens is 3. The summed E-state index contributed by atoms with van der Waals surface area (Å²) in [6.07, 6.45) is 5.30. The van der Waals surface area contributed by atoms with Gasteiger partial charge in [0.25, 0.3) is 0 Å². The van der Waals surface area contributed by atoms with Gasteiger partial charge in [0.05, 0.1) is 5.69 Å². The van der Waals surface area contributed by atoms with Crippen LogP contribution in [0.4, 0.5) is 5.82 Å². The topological polar surface area (TPSA) is 36.7 Å². The lowest BCUT2D eigenvalue weighted by atomic mass is 10.0. The first-order valence-electron chi connectivity index (χ1n) is 8.96. The van der Waals surface area contributed by atoms with Gasteiger partial charge >= 0.3 is 0 Å². The van der Waals surface area contributed by atoms with Crippen LogP contribution in [-0.4, -0.2) is 51.7 Å². The van der Waals surface area contributed by atoms with Gasteiger partial charge in [-0.2, -0.15) is 9.61 Å². The molecule has 0 radical (unpaired) electrons. The Bertz CT molecular complexity index is 706. The molecule has 4 heterocycles. The van der Waals surface area contributed by atoms with E-state index in [9.17, 15) is 0 Å². The Kier molecular flexibility index (Phi) is 3.76. The summed E-state index contributed by atoms with van der Waals surface area (Å²) in [5, 5.41) is 4.73. The zero-order chi connectivity index (χ0) is 16.0. The summed E-state index contributed by atoms with van der Waals surface area (Å²) < 4.78 is 2.05. The van der Waals surface area contributed by atoms with Gasteiger partial charge in [-0.25, -0.2) is 4.98 Å². The van der Waals surface area contributed by atoms with Crippen molar-refractivity contribution in [3.8, 4) is 0 Å². The molecule has 2 aromatic heterocycles. The zero-order valence-corrected chi connectivity index (χ0v) is 14.5. The summed E-state index contributed by atoms with van der Waals surface area (Å²) in [7, 11) is 0. The largest absolute Gasteiger partial charge is 0.356 e. The normalized spacial score (nSPS) is 20.7. The highest BCUT2D eigenvalue weighted by atomic mass is 15.4. The first-order valence-corrected chi connectivity index (χ1v) is 8.96. The van der Waals surface area contributed by atoms with Crippen molar-refractivity contribution >= 4 is 11.5 Å². The molecule has 0 aliphatic carbocycles. The fraction of sp³-hybridized carbons (Fsp3) is 0.667. The Morgan fingerprint density at radius 3 is 2.39 bits per heavy atom. The van der Waals surface area contributed by atoms with E-state index in [4.69, 9.17) is 10.1 Å². The number of anilines is 1. The quantitative estimate of drug-likeness (QED) is 0.854. The number of fused-ring (bicyclic) bond motifs is 1. The summed E-state index contributed by atoms with van der Waals surface area (Å²) in [5.41, 5.74) is 4.37. The third kappa shape index (κ3) is 2.61. The van der Waals surface area contributed by atoms with Gasteiger partial charge in [0.2, 0.25) is 0 Å². The van der Waals surface area contributed by atoms with E-state index in [0.717, 1.165) is 36.2 Å². The highest BCUT2D eigenvalue weighted by Crippen LogP contribution is 2.26. The first-order chi connectivity index (χ1) is 11.1. The van der Waals surface area contributed by atoms with Crippen LogP contribution in [0, 0.1) is 20.8 Å². The predicted octanol–water partition coefficient (Wildman–Crippen LogP) is 2.72. The van der Waals surface area contributed by atoms with Crippen LogP contribution in [0.3, 0.4) is 0 Å². The maximum Gasteiger partial charge on any atom is 0.160 e. The molecule has 0 aromatic carbocycles. The average molecular weight is 313 g/mol. The molecule has 0 amide bonds. The Labute approximate surface area is 138 Å². The Hall–Kier alpha value is -1.62. The number of rotatable bonds is 2. The van der Waals surface area contributed by atoms with E-state index < -0.39 is 0 Å². The molecule has 0 saturated carbocycles. The molecule has 0 atom stereocenters. The van der Waals surface area contributed by atoms with Crippen LogP contribution in [0.1, 0.15) is 42.6 Å². The number of aryl methyl sites for hydroxylation is 3. The third-order valence-corrected chi connectivity index (χ3v) is 5.61. The average Bonchev–Trinajstić information content (AvgIpc) is 3.18. The minimum Gasteiger partial charge on any atom is -0.356 e. The molecule has 0 N–H and O–H groups in total. The minimum atomic E-state index is 0.785. The van der Waals surface area contributed by atoms with E-state index in [1.54, 1.807) is 0 Å². The fourth-order valence-corrected chi connectivity index (χ4v) is 4.12. The summed E-state index contributed by atoms with van der Waals surface area (Å²) >= 11 is 0. The smallest absolute Gasteiger partial charge is 0.160 e. The van der Waals surface area contributed by atoms with Gasteiger partial charge in [0.1, 0.15) is 5.82 Å². The molecular formula is C18H27N5. The second-order valence-corrected chi connectivity index (χ2v) is 7.16. The molecule has 5 nitrogen and oxygen atoms in total. The van der Waals surface area contributed by atoms with Gasteiger partial charge in [-0.1, -0.05) is 0 Å². The molecule has 2 aliphatic rings. The standard InChI is InChI=1S/C18H27N5/c1-13-12-17(23-18(19-13)14(2)15(3)20-23)22-10-6-16(7-11-22)21-8-4-5-9-21/h12,16H,4-11H2,1-3H3. The van der Waals surface area contributed by atoms with Gasteiger partial charge in [-0.15, -0.1) is 0 Å². The van der Waals surface area contributed by atoms with Gasteiger partial charge < -0.3 is 9.80 Å². The first kappa shape index (κ1) is 14.9. The molecule has 4 rings (SSSR count). The molecule has 2 fully saturated rings. The van der Waals surface area contributed by atoms with Crippen LogP contribution in [-0.2, 0) is 0 Å². The SMILES string of the molecule is Cc1cc(N2CCC(N3CCCC3)CC2)n2nc(C)c(C)c2n1. The molecule has 2 aromatic rings. The molecule has 23 heavy (non-hydrogen) atoms. The van der Waals surface area contributed by atoms with Crippen molar-refractivity contribution in [3.63, 3.8) is 0 Å². The van der Waals surface area contributed by atoms with Crippen LogP contribution >= 0.6 is 0 Å². The third-order valence-electron chi connectivity index (χ3n) is 5.61. The lowest BCUT2D eigenvalue weighted by Gasteiger charge is -2.37. The van der Waals surface area contributed by atoms with Gasteiger partial charge in [-0.05, 0) is 59.5 Å². The molecule has 2 aliphatic heterocycles. The summed E-state index contributed by atoms with van der Waals surface area (Å²) in [6, 6.07) is 2.97. The van der Waals surface area contributed by atoms with Crippen LogP contribution in [0.5, 0.6) is 0 Å². The van der Waals surface area contributed by atoms with Crippen molar-refractivity contribution in [2.24, 2.45) is 0 Å². The van der Waals surface area contributed by atoms with E-state index in [0.29, 0.717) is 0 Å². The van der Waals surface area contributed by atoms with E-state index in [-0.39, 0.29) is 0 Å². The van der Waals surface area contributed by atoms with Crippen molar-refractivity contribution in [2.45, 2.75) is 52.5 Å². The van der Waals surface area contributed by atoms with E-state index in [1.807, 2.05) is 4.52 Å².